The quantitative estimate of drug-likeness (QED) is 0.521. The van der Waals surface area contributed by atoms with Gasteiger partial charge in [0.05, 0.1) is 0 Å². The zero-order valence-corrected chi connectivity index (χ0v) is 8.48. The number of allylic oxidation sites excluding steroid dienone is 2. The molecule has 0 aromatic rings. The normalized spacial score (nSPS) is 15.1. The average molecular weight is 154 g/mol. The Kier molecular flexibility index (Phi) is 6.30. The van der Waals surface area contributed by atoms with E-state index in [0.717, 1.165) is 5.92 Å². The van der Waals surface area contributed by atoms with Crippen LogP contribution in [0.4, 0.5) is 0 Å². The zero-order chi connectivity index (χ0) is 8.69. The smallest absolute Gasteiger partial charge is 0.0297 e. The topological polar surface area (TPSA) is 0 Å². The van der Waals surface area contributed by atoms with Gasteiger partial charge in [0.25, 0.3) is 0 Å². The molecular formula is C11H22. The second-order valence-corrected chi connectivity index (χ2v) is 3.59. The van der Waals surface area contributed by atoms with Gasteiger partial charge in [0, 0.05) is 0 Å². The molecule has 1 unspecified atom stereocenters. The van der Waals surface area contributed by atoms with Gasteiger partial charge in [0.2, 0.25) is 0 Å². The number of hydrogen-bond acceptors (Lipinski definition) is 0. The molecule has 0 amide bonds. The van der Waals surface area contributed by atoms with Gasteiger partial charge in [-0.2, -0.15) is 0 Å². The highest BCUT2D eigenvalue weighted by atomic mass is 14.1. The first-order valence-electron chi connectivity index (χ1n) is 4.82. The maximum atomic E-state index is 2.35. The van der Waals surface area contributed by atoms with Crippen LogP contribution in [-0.2, 0) is 0 Å². The molecule has 0 radical (unpaired) electrons. The predicted octanol–water partition coefficient (Wildman–Crippen LogP) is 4.17. The summed E-state index contributed by atoms with van der Waals surface area (Å²) in [4.78, 5) is 0. The third-order valence-corrected chi connectivity index (χ3v) is 2.21. The highest BCUT2D eigenvalue weighted by Gasteiger charge is 2.00. The summed E-state index contributed by atoms with van der Waals surface area (Å²) in [5.74, 6) is 0.881. The largest absolute Gasteiger partial charge is 0.0887 e. The highest BCUT2D eigenvalue weighted by molar-refractivity contribution is 4.96. The lowest BCUT2D eigenvalue weighted by atomic mass is 9.97. The zero-order valence-electron chi connectivity index (χ0n) is 8.48. The highest BCUT2D eigenvalue weighted by Crippen LogP contribution is 2.16. The number of hydrogen-bond donors (Lipinski definition) is 0. The molecule has 0 aromatic heterocycles. The molecule has 0 spiro atoms. The van der Waals surface area contributed by atoms with Gasteiger partial charge in [-0.1, -0.05) is 44.8 Å². The molecule has 1 atom stereocenters. The maximum Gasteiger partial charge on any atom is -0.0297 e. The monoisotopic (exact) mass is 154 g/mol. The van der Waals surface area contributed by atoms with Crippen LogP contribution in [0.5, 0.6) is 0 Å². The van der Waals surface area contributed by atoms with Crippen molar-refractivity contribution in [3.8, 4) is 0 Å². The first kappa shape index (κ1) is 10.7. The summed E-state index contributed by atoms with van der Waals surface area (Å²) in [6, 6.07) is 0. The Morgan fingerprint density at radius 1 is 1.45 bits per heavy atom. The van der Waals surface area contributed by atoms with E-state index in [4.69, 9.17) is 0 Å². The molecule has 0 aliphatic heterocycles. The lowest BCUT2D eigenvalue weighted by Gasteiger charge is -2.09. The summed E-state index contributed by atoms with van der Waals surface area (Å²) in [6.07, 6.45) is 7.62. The summed E-state index contributed by atoms with van der Waals surface area (Å²) in [5.41, 5.74) is 1.54. The molecule has 0 aliphatic carbocycles. The molecule has 0 saturated carbocycles. The molecule has 0 fully saturated rings. The van der Waals surface area contributed by atoms with Crippen molar-refractivity contribution >= 4 is 0 Å². The van der Waals surface area contributed by atoms with Crippen LogP contribution in [0.25, 0.3) is 0 Å². The Morgan fingerprint density at radius 3 is 2.55 bits per heavy atom. The lowest BCUT2D eigenvalue weighted by Crippen LogP contribution is -1.94. The van der Waals surface area contributed by atoms with E-state index in [9.17, 15) is 0 Å². The second-order valence-electron chi connectivity index (χ2n) is 3.59. The standard InChI is InChI=1S/C11H22/c1-5-7-8-11(4)9-10(3)6-2/h6,11H,5,7-9H2,1-4H3. The first-order valence-corrected chi connectivity index (χ1v) is 4.82. The molecule has 0 heterocycles. The van der Waals surface area contributed by atoms with E-state index in [0.29, 0.717) is 0 Å². The summed E-state index contributed by atoms with van der Waals surface area (Å²) in [5, 5.41) is 0. The molecule has 0 heteroatoms. The minimum atomic E-state index is 0.881. The molecule has 0 rings (SSSR count). The molecule has 11 heavy (non-hydrogen) atoms. The van der Waals surface area contributed by atoms with Crippen LogP contribution in [0.15, 0.2) is 11.6 Å². The van der Waals surface area contributed by atoms with Crippen LogP contribution >= 0.6 is 0 Å². The Bertz CT molecular complexity index is 111. The van der Waals surface area contributed by atoms with Crippen molar-refractivity contribution in [3.05, 3.63) is 11.6 Å². The van der Waals surface area contributed by atoms with Crippen molar-refractivity contribution in [1.82, 2.24) is 0 Å². The van der Waals surface area contributed by atoms with E-state index in [1.807, 2.05) is 0 Å². The van der Waals surface area contributed by atoms with E-state index in [2.05, 4.69) is 33.8 Å². The predicted molar refractivity (Wildman–Crippen MR) is 52.7 cm³/mol. The molecule has 0 aliphatic rings. The molecule has 0 saturated heterocycles. The van der Waals surface area contributed by atoms with Crippen LogP contribution in [0.3, 0.4) is 0 Å². The van der Waals surface area contributed by atoms with Gasteiger partial charge in [-0.3, -0.25) is 0 Å². The van der Waals surface area contributed by atoms with Gasteiger partial charge in [-0.15, -0.1) is 0 Å². The van der Waals surface area contributed by atoms with Crippen LogP contribution in [0, 0.1) is 5.92 Å². The van der Waals surface area contributed by atoms with Gasteiger partial charge in [-0.05, 0) is 26.2 Å². The minimum absolute atomic E-state index is 0.881. The molecule has 0 N–H and O–H groups in total. The van der Waals surface area contributed by atoms with Crippen molar-refractivity contribution in [1.29, 1.82) is 0 Å². The second kappa shape index (κ2) is 6.45. The molecule has 66 valence electrons. The van der Waals surface area contributed by atoms with E-state index in [-0.39, 0.29) is 0 Å². The minimum Gasteiger partial charge on any atom is -0.0887 e. The van der Waals surface area contributed by atoms with Crippen molar-refractivity contribution in [2.24, 2.45) is 5.92 Å². The lowest BCUT2D eigenvalue weighted by molar-refractivity contribution is 0.501. The fourth-order valence-electron chi connectivity index (χ4n) is 1.32. The molecule has 0 aromatic carbocycles. The van der Waals surface area contributed by atoms with Crippen molar-refractivity contribution in [3.63, 3.8) is 0 Å². The maximum absolute atomic E-state index is 2.35. The Hall–Kier alpha value is -0.260. The third-order valence-electron chi connectivity index (χ3n) is 2.21. The third kappa shape index (κ3) is 6.15. The van der Waals surface area contributed by atoms with E-state index in [1.54, 1.807) is 0 Å². The van der Waals surface area contributed by atoms with Crippen LogP contribution < -0.4 is 0 Å². The van der Waals surface area contributed by atoms with Gasteiger partial charge >= 0.3 is 0 Å². The summed E-state index contributed by atoms with van der Waals surface area (Å²) < 4.78 is 0. The number of unbranched alkanes of at least 4 members (excludes halogenated alkanes) is 1. The Labute approximate surface area is 71.7 Å². The average Bonchev–Trinajstić information content (AvgIpc) is 2.00. The fourth-order valence-corrected chi connectivity index (χ4v) is 1.32. The molecule has 0 bridgehead atoms. The van der Waals surface area contributed by atoms with Crippen molar-refractivity contribution < 1.29 is 0 Å². The fraction of sp³-hybridized carbons (Fsp3) is 0.818. The van der Waals surface area contributed by atoms with Gasteiger partial charge in [0.1, 0.15) is 0 Å². The van der Waals surface area contributed by atoms with Crippen LogP contribution in [0.2, 0.25) is 0 Å². The van der Waals surface area contributed by atoms with Crippen molar-refractivity contribution in [2.75, 3.05) is 0 Å². The molecular weight excluding hydrogens is 132 g/mol. The summed E-state index contributed by atoms with van der Waals surface area (Å²) in [7, 11) is 0. The summed E-state index contributed by atoms with van der Waals surface area (Å²) >= 11 is 0. The Morgan fingerprint density at radius 2 is 2.09 bits per heavy atom. The van der Waals surface area contributed by atoms with E-state index in [1.165, 1.54) is 31.3 Å². The van der Waals surface area contributed by atoms with Crippen molar-refractivity contribution in [2.45, 2.75) is 53.4 Å². The van der Waals surface area contributed by atoms with Gasteiger partial charge in [-0.25, -0.2) is 0 Å². The van der Waals surface area contributed by atoms with E-state index >= 15 is 0 Å². The SMILES string of the molecule is CC=C(C)CC(C)CCCC. The van der Waals surface area contributed by atoms with Gasteiger partial charge < -0.3 is 0 Å². The van der Waals surface area contributed by atoms with E-state index < -0.39 is 0 Å². The first-order chi connectivity index (χ1) is 5.20. The van der Waals surface area contributed by atoms with Crippen LogP contribution in [0.1, 0.15) is 53.4 Å². The molecule has 0 nitrogen and oxygen atoms in total. The van der Waals surface area contributed by atoms with Gasteiger partial charge in [0.15, 0.2) is 0 Å². The number of rotatable bonds is 5. The van der Waals surface area contributed by atoms with Crippen LogP contribution in [-0.4, -0.2) is 0 Å². The Balaban J connectivity index is 3.43. The summed E-state index contributed by atoms with van der Waals surface area (Å²) in [6.45, 7) is 8.96.